The molecule has 3 aliphatic rings. The lowest BCUT2D eigenvalue weighted by Crippen LogP contribution is -2.45. The molecule has 0 spiro atoms. The molecule has 0 saturated heterocycles. The minimum absolute atomic E-state index is 0.191. The van der Waals surface area contributed by atoms with Gasteiger partial charge in [0.05, 0.1) is 21.3 Å². The first-order valence-electron chi connectivity index (χ1n) is 39.9. The summed E-state index contributed by atoms with van der Waals surface area (Å²) in [6.07, 6.45) is 10.4. The van der Waals surface area contributed by atoms with Crippen molar-refractivity contribution in [2.75, 3.05) is 120 Å². The zero-order valence-corrected chi connectivity index (χ0v) is 69.3. The van der Waals surface area contributed by atoms with Crippen molar-refractivity contribution in [1.29, 1.82) is 0 Å². The summed E-state index contributed by atoms with van der Waals surface area (Å²) < 4.78 is 44.0. The van der Waals surface area contributed by atoms with Gasteiger partial charge >= 0.3 is 0 Å². The molecule has 0 aliphatic carbocycles. The molecule has 10 heteroatoms. The van der Waals surface area contributed by atoms with Crippen molar-refractivity contribution in [3.05, 3.63) is 173 Å². The molecule has 0 N–H and O–H groups in total. The first kappa shape index (κ1) is 81.0. The highest BCUT2D eigenvalue weighted by atomic mass is 16.5. The number of methoxy groups -OCH3 is 3. The maximum Gasteiger partial charge on any atom is 0.126 e. The number of hydrogen-bond acceptors (Lipinski definition) is 10. The summed E-state index contributed by atoms with van der Waals surface area (Å²) in [5.74, 6) is 5.62. The van der Waals surface area contributed by atoms with Crippen LogP contribution < -0.4 is 28.4 Å². The zero-order chi connectivity index (χ0) is 75.0. The lowest BCUT2D eigenvalue weighted by Gasteiger charge is -2.33. The van der Waals surface area contributed by atoms with Crippen molar-refractivity contribution in [2.24, 2.45) is 0 Å². The molecule has 0 amide bonds. The molecule has 3 aliphatic heterocycles. The third-order valence-electron chi connectivity index (χ3n) is 22.2. The van der Waals surface area contributed by atoms with Gasteiger partial charge in [0.15, 0.2) is 0 Å². The van der Waals surface area contributed by atoms with Crippen LogP contribution in [-0.2, 0) is 71.0 Å². The van der Waals surface area contributed by atoms with E-state index in [-0.39, 0.29) is 32.5 Å². The summed E-state index contributed by atoms with van der Waals surface area (Å²) >= 11 is 0. The van der Waals surface area contributed by atoms with Crippen LogP contribution >= 0.6 is 0 Å². The van der Waals surface area contributed by atoms with Gasteiger partial charge in [0.2, 0.25) is 0 Å². The van der Waals surface area contributed by atoms with E-state index in [0.29, 0.717) is 58.3 Å². The Morgan fingerprint density at radius 3 is 0.621 bits per heavy atom. The molecule has 0 radical (unpaired) electrons. The number of benzene rings is 6. The fourth-order valence-electron chi connectivity index (χ4n) is 15.4. The summed E-state index contributed by atoms with van der Waals surface area (Å²) in [5.41, 5.74) is 20.4. The minimum atomic E-state index is -0.194. The second kappa shape index (κ2) is 34.2. The van der Waals surface area contributed by atoms with Gasteiger partial charge in [0.25, 0.3) is 0 Å². The molecular weight excluding hydrogens is 1270 g/mol. The van der Waals surface area contributed by atoms with E-state index in [4.69, 9.17) is 28.4 Å². The first-order chi connectivity index (χ1) is 48.5. The second-order valence-corrected chi connectivity index (χ2v) is 36.9. The van der Waals surface area contributed by atoms with E-state index in [1.807, 2.05) is 21.3 Å². The van der Waals surface area contributed by atoms with Gasteiger partial charge in [0, 0.05) is 97.4 Å². The lowest BCUT2D eigenvalue weighted by atomic mass is 9.79. The Morgan fingerprint density at radius 1 is 0.272 bits per heavy atom. The van der Waals surface area contributed by atoms with Gasteiger partial charge in [-0.1, -0.05) is 237 Å². The Hall–Kier alpha value is -6.04. The van der Waals surface area contributed by atoms with Crippen LogP contribution in [0.3, 0.4) is 0 Å². The average Bonchev–Trinajstić information content (AvgIpc) is 0.772. The molecule has 0 aromatic heterocycles. The molecule has 9 rings (SSSR count). The van der Waals surface area contributed by atoms with Crippen LogP contribution in [0.25, 0.3) is 0 Å². The van der Waals surface area contributed by atoms with Crippen molar-refractivity contribution in [1.82, 2.24) is 19.6 Å². The van der Waals surface area contributed by atoms with Crippen LogP contribution in [0.15, 0.2) is 72.8 Å². The van der Waals surface area contributed by atoms with Crippen molar-refractivity contribution >= 4 is 0 Å². The summed E-state index contributed by atoms with van der Waals surface area (Å²) in [6, 6.07) is 29.5. The number of hydrogen-bond donors (Lipinski definition) is 0. The highest BCUT2D eigenvalue weighted by Gasteiger charge is 2.32. The molecule has 0 fully saturated rings. The molecular formula is C93H138N4O6. The number of rotatable bonds is 12. The van der Waals surface area contributed by atoms with Crippen LogP contribution in [0.2, 0.25) is 0 Å². The SMILES string of the molecule is CCCCN1CCOc2c3cc(C(C)(C)C)cc2Cc2cc(C(C)(C)C)cc(c2OC)Cc2cc(C(C)(C)C)cc4c2OCCN(CCCC)CCN(CC1)CCN(CCCC)CCOc1c(cc(C(C)(C)C)cc1Cc1cc(C(C)(C)C)cc(c1OC)C4)Cc1cc(C(C)(C)C)cc(c1OC)C3. The Morgan fingerprint density at radius 2 is 0.456 bits per heavy atom. The third-order valence-corrected chi connectivity index (χ3v) is 22.2. The lowest BCUT2D eigenvalue weighted by molar-refractivity contribution is 0.132. The summed E-state index contributed by atoms with van der Waals surface area (Å²) in [4.78, 5) is 10.9. The largest absolute Gasteiger partial charge is 0.496 e. The summed E-state index contributed by atoms with van der Waals surface area (Å²) in [6.45, 7) is 62.4. The van der Waals surface area contributed by atoms with Crippen molar-refractivity contribution < 1.29 is 28.4 Å². The standard InChI is InChI=1S/C93H138N4O6/c1-25-28-31-94-34-37-97-38-35-95(32-29-26-2)41-44-102-86-72-48-66-54-76(88(4,5)6)52-64(82(66)98-22)46-70-58-79(91(13,14)15)59-71(85(70)101-43-40-94)47-65-53-77(89(7,8)9)55-67(83(65)99-23)49-73-61-81(93(19,20)21)63-75(87(73)103-45-42-96(36-39-97)33-30-27-3)51-69-57-78(90(10,11)12)56-68(84(69)100-24)50-74(86)62-80(60-72)92(16,17)18/h52-63H,25-51H2,1-24H3. The van der Waals surface area contributed by atoms with E-state index < -0.39 is 0 Å². The molecule has 6 aromatic rings. The Balaban J connectivity index is 1.48. The molecule has 10 nitrogen and oxygen atoms in total. The molecule has 0 atom stereocenters. The fourth-order valence-corrected chi connectivity index (χ4v) is 15.4. The predicted molar refractivity (Wildman–Crippen MR) is 434 cm³/mol. The second-order valence-electron chi connectivity index (χ2n) is 36.9. The molecule has 10 bridgehead atoms. The fraction of sp³-hybridized carbons (Fsp3) is 0.613. The van der Waals surface area contributed by atoms with Crippen LogP contribution in [0, 0.1) is 0 Å². The normalized spacial score (nSPS) is 16.7. The maximum absolute atomic E-state index is 7.72. The quantitative estimate of drug-likeness (QED) is 0.118. The predicted octanol–water partition coefficient (Wildman–Crippen LogP) is 20.1. The maximum atomic E-state index is 7.72. The highest BCUT2D eigenvalue weighted by molar-refractivity contribution is 5.62. The van der Waals surface area contributed by atoms with Crippen LogP contribution in [-0.4, -0.2) is 139 Å². The van der Waals surface area contributed by atoms with Crippen LogP contribution in [0.1, 0.15) is 284 Å². The Labute approximate surface area is 626 Å². The first-order valence-corrected chi connectivity index (χ1v) is 39.9. The average molecular weight is 1410 g/mol. The van der Waals surface area contributed by atoms with Crippen molar-refractivity contribution in [3.8, 4) is 34.5 Å². The van der Waals surface area contributed by atoms with E-state index >= 15 is 0 Å². The Bertz CT molecular complexity index is 3280. The zero-order valence-electron chi connectivity index (χ0n) is 69.3. The van der Waals surface area contributed by atoms with Gasteiger partial charge in [-0.05, 0) is 172 Å². The third kappa shape index (κ3) is 21.0. The topological polar surface area (TPSA) is 68.3 Å². The van der Waals surface area contributed by atoms with Crippen LogP contribution in [0.5, 0.6) is 34.5 Å². The molecule has 0 saturated carbocycles. The molecule has 103 heavy (non-hydrogen) atoms. The van der Waals surface area contributed by atoms with E-state index in [2.05, 4.69) is 238 Å². The highest BCUT2D eigenvalue weighted by Crippen LogP contribution is 2.47. The van der Waals surface area contributed by atoms with Crippen LogP contribution in [0.4, 0.5) is 0 Å². The number of unbranched alkanes of at least 4 members (excludes halogenated alkanes) is 3. The van der Waals surface area contributed by atoms with Gasteiger partial charge in [-0.3, -0.25) is 19.6 Å². The molecule has 0 unspecified atom stereocenters. The van der Waals surface area contributed by atoms with Gasteiger partial charge in [-0.2, -0.15) is 0 Å². The summed E-state index contributed by atoms with van der Waals surface area (Å²) in [7, 11) is 5.66. The van der Waals surface area contributed by atoms with Gasteiger partial charge in [-0.25, -0.2) is 0 Å². The van der Waals surface area contributed by atoms with E-state index in [1.165, 1.54) is 66.8 Å². The van der Waals surface area contributed by atoms with Crippen molar-refractivity contribution in [2.45, 2.75) is 255 Å². The number of ether oxygens (including phenoxy) is 6. The molecule has 3 heterocycles. The Kier molecular flexibility index (Phi) is 26.9. The van der Waals surface area contributed by atoms with Crippen molar-refractivity contribution in [3.63, 3.8) is 0 Å². The minimum Gasteiger partial charge on any atom is -0.496 e. The monoisotopic (exact) mass is 1410 g/mol. The smallest absolute Gasteiger partial charge is 0.126 e. The van der Waals surface area contributed by atoms with E-state index in [0.717, 1.165) is 185 Å². The molecule has 566 valence electrons. The number of fused-ring (bicyclic) bond motifs is 21. The van der Waals surface area contributed by atoms with Gasteiger partial charge < -0.3 is 28.4 Å². The van der Waals surface area contributed by atoms with Gasteiger partial charge in [-0.15, -0.1) is 0 Å². The van der Waals surface area contributed by atoms with E-state index in [1.54, 1.807) is 0 Å². The summed E-state index contributed by atoms with van der Waals surface area (Å²) in [5, 5.41) is 0. The van der Waals surface area contributed by atoms with Gasteiger partial charge in [0.1, 0.15) is 54.3 Å². The number of nitrogens with zero attached hydrogens (tertiary/aromatic N) is 4. The molecule has 6 aromatic carbocycles. The van der Waals surface area contributed by atoms with E-state index in [9.17, 15) is 0 Å².